The average molecular weight is 204 g/mol. The van der Waals surface area contributed by atoms with Gasteiger partial charge in [0, 0.05) is 0 Å². The molecule has 0 aliphatic carbocycles. The molecule has 1 rings (SSSR count). The summed E-state index contributed by atoms with van der Waals surface area (Å²) in [5, 5.41) is 0. The van der Waals surface area contributed by atoms with Crippen LogP contribution >= 0.6 is 0 Å². The Hall–Kier alpha value is -1.24. The Kier molecular flexibility index (Phi) is 5.60. The van der Waals surface area contributed by atoms with E-state index in [0.717, 1.165) is 12.8 Å². The predicted octanol–water partition coefficient (Wildman–Crippen LogP) is 4.30. The van der Waals surface area contributed by atoms with E-state index in [0.29, 0.717) is 6.61 Å². The van der Waals surface area contributed by atoms with Crippen LogP contribution in [0, 0.1) is 0 Å². The van der Waals surface area contributed by atoms with Gasteiger partial charge >= 0.3 is 0 Å². The molecule has 0 heterocycles. The van der Waals surface area contributed by atoms with Crippen LogP contribution in [0.2, 0.25) is 0 Å². The highest BCUT2D eigenvalue weighted by molar-refractivity contribution is 5.13. The van der Waals surface area contributed by atoms with E-state index in [1.165, 1.54) is 17.6 Å². The van der Waals surface area contributed by atoms with Gasteiger partial charge in [-0.1, -0.05) is 50.6 Å². The molecule has 1 heteroatoms. The summed E-state index contributed by atoms with van der Waals surface area (Å²) in [6, 6.07) is 10.3. The number of allylic oxidation sites excluding steroid dienone is 1. The highest BCUT2D eigenvalue weighted by Gasteiger charge is 1.93. The third-order valence-electron chi connectivity index (χ3n) is 2.37. The van der Waals surface area contributed by atoms with Gasteiger partial charge in [0.2, 0.25) is 0 Å². The second-order valence-electron chi connectivity index (χ2n) is 3.68. The maximum absolute atomic E-state index is 5.56. The summed E-state index contributed by atoms with van der Waals surface area (Å²) >= 11 is 0. The largest absolute Gasteiger partial charge is 0.497 e. The fourth-order valence-electron chi connectivity index (χ4n) is 1.47. The molecule has 0 bridgehead atoms. The lowest BCUT2D eigenvalue weighted by atomic mass is 10.1. The average Bonchev–Trinajstić information content (AvgIpc) is 2.29. The van der Waals surface area contributed by atoms with Gasteiger partial charge in [-0.3, -0.25) is 0 Å². The number of ether oxygens (including phenoxy) is 1. The molecule has 15 heavy (non-hydrogen) atoms. The van der Waals surface area contributed by atoms with E-state index in [2.05, 4.69) is 26.0 Å². The molecule has 82 valence electrons. The highest BCUT2D eigenvalue weighted by atomic mass is 16.5. The van der Waals surface area contributed by atoms with Gasteiger partial charge in [-0.15, -0.1) is 0 Å². The first-order chi connectivity index (χ1) is 7.36. The van der Waals surface area contributed by atoms with Crippen molar-refractivity contribution in [3.05, 3.63) is 47.7 Å². The monoisotopic (exact) mass is 204 g/mol. The summed E-state index contributed by atoms with van der Waals surface area (Å²) in [7, 11) is 0. The fraction of sp³-hybridized carbons (Fsp3) is 0.429. The molecule has 0 radical (unpaired) electrons. The van der Waals surface area contributed by atoms with Gasteiger partial charge < -0.3 is 4.74 Å². The molecule has 0 amide bonds. The third-order valence-corrected chi connectivity index (χ3v) is 2.37. The molecule has 0 atom stereocenters. The van der Waals surface area contributed by atoms with E-state index in [1.54, 1.807) is 0 Å². The molecule has 1 aromatic rings. The van der Waals surface area contributed by atoms with Crippen molar-refractivity contribution in [3.63, 3.8) is 0 Å². The zero-order valence-corrected chi connectivity index (χ0v) is 9.70. The predicted molar refractivity (Wildman–Crippen MR) is 64.5 cm³/mol. The van der Waals surface area contributed by atoms with Crippen LogP contribution in [0.15, 0.2) is 42.2 Å². The minimum absolute atomic E-state index is 0.675. The number of benzene rings is 1. The molecule has 0 fully saturated rings. The maximum atomic E-state index is 5.56. The maximum Gasteiger partial charge on any atom is 0.112 e. The van der Waals surface area contributed by atoms with Gasteiger partial charge in [-0.25, -0.2) is 0 Å². The third kappa shape index (κ3) is 4.68. The summed E-state index contributed by atoms with van der Waals surface area (Å²) in [5.41, 5.74) is 2.62. The Morgan fingerprint density at radius 2 is 1.93 bits per heavy atom. The first-order valence-corrected chi connectivity index (χ1v) is 5.70. The van der Waals surface area contributed by atoms with Crippen molar-refractivity contribution in [2.75, 3.05) is 0 Å². The fourth-order valence-corrected chi connectivity index (χ4v) is 1.47. The molecule has 0 aliphatic rings. The van der Waals surface area contributed by atoms with E-state index in [1.807, 2.05) is 24.5 Å². The van der Waals surface area contributed by atoms with Gasteiger partial charge in [0.15, 0.2) is 0 Å². The van der Waals surface area contributed by atoms with Crippen LogP contribution in [-0.4, -0.2) is 0 Å². The lowest BCUT2D eigenvalue weighted by Crippen LogP contribution is -1.88. The molecule has 0 saturated heterocycles. The van der Waals surface area contributed by atoms with Crippen molar-refractivity contribution in [1.82, 2.24) is 0 Å². The molecule has 1 aromatic carbocycles. The second kappa shape index (κ2) is 7.10. The summed E-state index contributed by atoms with van der Waals surface area (Å²) < 4.78 is 5.56. The standard InChI is InChI=1S/C14H20O/c1-3-8-13(4-2)11-15-12-14-9-6-5-7-10-14/h5-7,9-11H,3-4,8,12H2,1-2H3. The molecular formula is C14H20O. The molecule has 1 nitrogen and oxygen atoms in total. The minimum atomic E-state index is 0.675. The number of hydrogen-bond donors (Lipinski definition) is 0. The Balaban J connectivity index is 2.37. The SMILES string of the molecule is CCCC(=COCc1ccccc1)CC. The van der Waals surface area contributed by atoms with Gasteiger partial charge in [0.1, 0.15) is 6.61 Å². The summed E-state index contributed by atoms with van der Waals surface area (Å²) in [5.74, 6) is 0. The molecule has 0 aromatic heterocycles. The van der Waals surface area contributed by atoms with Gasteiger partial charge in [0.25, 0.3) is 0 Å². The topological polar surface area (TPSA) is 9.23 Å². The van der Waals surface area contributed by atoms with E-state index in [9.17, 15) is 0 Å². The van der Waals surface area contributed by atoms with Crippen LogP contribution in [0.5, 0.6) is 0 Å². The zero-order chi connectivity index (χ0) is 10.9. The molecule has 0 saturated carbocycles. The normalized spacial score (nSPS) is 11.5. The number of rotatable bonds is 6. The van der Waals surface area contributed by atoms with Gasteiger partial charge in [-0.2, -0.15) is 0 Å². The Morgan fingerprint density at radius 3 is 2.53 bits per heavy atom. The Bertz CT molecular complexity index is 287. The van der Waals surface area contributed by atoms with E-state index < -0.39 is 0 Å². The molecule has 0 N–H and O–H groups in total. The lowest BCUT2D eigenvalue weighted by Gasteiger charge is -2.05. The van der Waals surface area contributed by atoms with Crippen LogP contribution in [0.4, 0.5) is 0 Å². The lowest BCUT2D eigenvalue weighted by molar-refractivity contribution is 0.232. The van der Waals surface area contributed by atoms with Crippen molar-refractivity contribution in [3.8, 4) is 0 Å². The van der Waals surface area contributed by atoms with Crippen molar-refractivity contribution in [2.24, 2.45) is 0 Å². The first-order valence-electron chi connectivity index (χ1n) is 5.70. The van der Waals surface area contributed by atoms with E-state index >= 15 is 0 Å². The summed E-state index contributed by atoms with van der Waals surface area (Å²) in [4.78, 5) is 0. The Labute approximate surface area is 92.8 Å². The molecule has 0 spiro atoms. The highest BCUT2D eigenvalue weighted by Crippen LogP contribution is 2.10. The van der Waals surface area contributed by atoms with Crippen LogP contribution in [0.25, 0.3) is 0 Å². The van der Waals surface area contributed by atoms with Crippen molar-refractivity contribution < 1.29 is 4.74 Å². The van der Waals surface area contributed by atoms with Gasteiger partial charge in [0.05, 0.1) is 6.26 Å². The van der Waals surface area contributed by atoms with Crippen LogP contribution in [0.1, 0.15) is 38.7 Å². The first kappa shape index (κ1) is 11.8. The van der Waals surface area contributed by atoms with E-state index in [-0.39, 0.29) is 0 Å². The Morgan fingerprint density at radius 1 is 1.20 bits per heavy atom. The van der Waals surface area contributed by atoms with Crippen molar-refractivity contribution in [2.45, 2.75) is 39.7 Å². The smallest absolute Gasteiger partial charge is 0.112 e. The van der Waals surface area contributed by atoms with Crippen LogP contribution in [-0.2, 0) is 11.3 Å². The second-order valence-corrected chi connectivity index (χ2v) is 3.68. The van der Waals surface area contributed by atoms with Gasteiger partial charge in [-0.05, 0) is 24.0 Å². The van der Waals surface area contributed by atoms with Crippen LogP contribution < -0.4 is 0 Å². The molecular weight excluding hydrogens is 184 g/mol. The van der Waals surface area contributed by atoms with E-state index in [4.69, 9.17) is 4.74 Å². The quantitative estimate of drug-likeness (QED) is 0.628. The number of hydrogen-bond acceptors (Lipinski definition) is 1. The molecule has 0 aliphatic heterocycles. The zero-order valence-electron chi connectivity index (χ0n) is 9.70. The summed E-state index contributed by atoms with van der Waals surface area (Å²) in [6.45, 7) is 5.04. The van der Waals surface area contributed by atoms with Crippen LogP contribution in [0.3, 0.4) is 0 Å². The minimum Gasteiger partial charge on any atom is -0.497 e. The van der Waals surface area contributed by atoms with Crippen molar-refractivity contribution in [1.29, 1.82) is 0 Å². The van der Waals surface area contributed by atoms with Crippen molar-refractivity contribution >= 4 is 0 Å². The molecule has 0 unspecified atom stereocenters. The summed E-state index contributed by atoms with van der Waals surface area (Å²) in [6.07, 6.45) is 5.35.